The number of pyridine rings is 1. The van der Waals surface area contributed by atoms with E-state index < -0.39 is 0 Å². The standard InChI is InChI=1S/C32H40N8O3/c1-20-14-24-16-27(34-20)29-21(2)37-40(12-13-42-3)31(29)43-19-23-5-4-22(15-23)18-39-28-17-25(38-10-8-33-9-11-38)6-7-26(28)35-32(39)36-30(24)41/h6-7,14,16-17,22-23,33H,4-5,8-13,15,18-19H2,1-3H3,(H,35,36,41)/t22-,23+/m1/s1. The summed E-state index contributed by atoms with van der Waals surface area (Å²) in [5.41, 5.74) is 6.73. The van der Waals surface area contributed by atoms with Gasteiger partial charge in [-0.3, -0.25) is 15.1 Å². The molecule has 226 valence electrons. The Bertz CT molecular complexity index is 1650. The Balaban J connectivity index is 1.31. The van der Waals surface area contributed by atoms with Gasteiger partial charge in [-0.2, -0.15) is 5.10 Å². The lowest BCUT2D eigenvalue weighted by Gasteiger charge is -2.29. The largest absolute Gasteiger partial charge is 0.477 e. The number of nitrogens with zero attached hydrogens (tertiary/aromatic N) is 6. The van der Waals surface area contributed by atoms with E-state index in [2.05, 4.69) is 38.3 Å². The van der Waals surface area contributed by atoms with Crippen LogP contribution in [0.25, 0.3) is 22.3 Å². The van der Waals surface area contributed by atoms with Gasteiger partial charge in [0.1, 0.15) is 0 Å². The number of anilines is 2. The fraction of sp³-hybridized carbons (Fsp3) is 0.500. The number of nitrogens with one attached hydrogen (secondary N) is 2. The number of fused-ring (bicyclic) bond motifs is 9. The molecule has 2 fully saturated rings. The molecule has 0 unspecified atom stereocenters. The number of aromatic nitrogens is 5. The molecule has 1 amide bonds. The molecule has 0 spiro atoms. The molecule has 7 rings (SSSR count). The Morgan fingerprint density at radius 3 is 2.74 bits per heavy atom. The number of rotatable bonds is 4. The molecule has 2 aliphatic heterocycles. The van der Waals surface area contributed by atoms with Crippen LogP contribution in [0.5, 0.6) is 5.88 Å². The summed E-state index contributed by atoms with van der Waals surface area (Å²) in [6.45, 7) is 10.3. The van der Waals surface area contributed by atoms with Crippen LogP contribution in [0.1, 0.15) is 41.0 Å². The van der Waals surface area contributed by atoms with Crippen LogP contribution in [-0.4, -0.2) is 76.7 Å². The highest BCUT2D eigenvalue weighted by Gasteiger charge is 2.30. The zero-order chi connectivity index (χ0) is 29.5. The van der Waals surface area contributed by atoms with Crippen molar-refractivity contribution in [1.29, 1.82) is 0 Å². The van der Waals surface area contributed by atoms with Crippen LogP contribution in [0.2, 0.25) is 0 Å². The third-order valence-electron chi connectivity index (χ3n) is 9.05. The first-order chi connectivity index (χ1) is 21.0. The zero-order valence-corrected chi connectivity index (χ0v) is 25.2. The van der Waals surface area contributed by atoms with Gasteiger partial charge in [-0.05, 0) is 75.3 Å². The minimum atomic E-state index is -0.211. The summed E-state index contributed by atoms with van der Waals surface area (Å²) in [6, 6.07) is 10.1. The van der Waals surface area contributed by atoms with Crippen molar-refractivity contribution in [3.63, 3.8) is 0 Å². The number of hydrogen-bond donors (Lipinski definition) is 2. The third-order valence-corrected chi connectivity index (χ3v) is 9.05. The Hall–Kier alpha value is -3.96. The summed E-state index contributed by atoms with van der Waals surface area (Å²) < 4.78 is 16.0. The van der Waals surface area contributed by atoms with Gasteiger partial charge in [0.05, 0.1) is 47.7 Å². The number of benzene rings is 1. The van der Waals surface area contributed by atoms with E-state index in [1.165, 1.54) is 5.69 Å². The van der Waals surface area contributed by atoms with E-state index in [4.69, 9.17) is 24.5 Å². The molecule has 2 N–H and O–H groups in total. The molecule has 43 heavy (non-hydrogen) atoms. The summed E-state index contributed by atoms with van der Waals surface area (Å²) in [6.07, 6.45) is 3.25. The van der Waals surface area contributed by atoms with Crippen LogP contribution in [0.4, 0.5) is 11.6 Å². The van der Waals surface area contributed by atoms with Gasteiger partial charge in [-0.15, -0.1) is 0 Å². The number of imidazole rings is 1. The van der Waals surface area contributed by atoms with Crippen molar-refractivity contribution in [2.75, 3.05) is 56.7 Å². The van der Waals surface area contributed by atoms with Crippen molar-refractivity contribution in [2.24, 2.45) is 11.8 Å². The predicted molar refractivity (Wildman–Crippen MR) is 166 cm³/mol. The van der Waals surface area contributed by atoms with E-state index in [9.17, 15) is 4.79 Å². The lowest BCUT2D eigenvalue weighted by molar-refractivity contribution is 0.102. The number of ether oxygens (including phenoxy) is 2. The second-order valence-corrected chi connectivity index (χ2v) is 12.1. The van der Waals surface area contributed by atoms with E-state index in [1.807, 2.05) is 30.7 Å². The van der Waals surface area contributed by atoms with Crippen molar-refractivity contribution in [2.45, 2.75) is 46.2 Å². The number of aryl methyl sites for hydroxylation is 2. The first-order valence-electron chi connectivity index (χ1n) is 15.4. The van der Waals surface area contributed by atoms with Gasteiger partial charge < -0.3 is 24.3 Å². The third kappa shape index (κ3) is 5.47. The van der Waals surface area contributed by atoms with Gasteiger partial charge in [0, 0.05) is 56.8 Å². The van der Waals surface area contributed by atoms with Crippen LogP contribution in [0, 0.1) is 25.7 Å². The summed E-state index contributed by atoms with van der Waals surface area (Å²) in [5, 5.41) is 11.4. The van der Waals surface area contributed by atoms with E-state index in [0.29, 0.717) is 54.7 Å². The first kappa shape index (κ1) is 27.8. The molecule has 4 aromatic rings. The van der Waals surface area contributed by atoms with Gasteiger partial charge in [0.2, 0.25) is 11.8 Å². The Morgan fingerprint density at radius 1 is 1.07 bits per heavy atom. The van der Waals surface area contributed by atoms with Crippen molar-refractivity contribution in [1.82, 2.24) is 29.6 Å². The Morgan fingerprint density at radius 2 is 1.91 bits per heavy atom. The normalized spacial score (nSPS) is 20.6. The molecule has 1 aliphatic carbocycles. The average Bonchev–Trinajstić information content (AvgIpc) is 3.69. The van der Waals surface area contributed by atoms with Crippen LogP contribution >= 0.6 is 0 Å². The number of carbonyl (C=O) groups is 1. The molecular weight excluding hydrogens is 544 g/mol. The fourth-order valence-electron chi connectivity index (χ4n) is 6.89. The lowest BCUT2D eigenvalue weighted by atomic mass is 10.1. The van der Waals surface area contributed by atoms with Crippen LogP contribution in [0.3, 0.4) is 0 Å². The number of hydrogen-bond acceptors (Lipinski definition) is 8. The molecule has 2 atom stereocenters. The SMILES string of the molecule is COCCn1nc(C)c2c1OC[C@H]1CC[C@H](C1)Cn1c(nc3ccc(N4CCNCC4)cc31)NC(=O)c1cc(C)nc-2c1. The molecule has 3 aliphatic rings. The first-order valence-corrected chi connectivity index (χ1v) is 15.4. The number of amides is 1. The summed E-state index contributed by atoms with van der Waals surface area (Å²) in [5.74, 6) is 1.96. The maximum atomic E-state index is 13.8. The minimum absolute atomic E-state index is 0.211. The molecule has 4 bridgehead atoms. The Labute approximate surface area is 251 Å². The van der Waals surface area contributed by atoms with Gasteiger partial charge in [0.15, 0.2) is 0 Å². The molecule has 1 aromatic carbocycles. The molecular formula is C32H40N8O3. The minimum Gasteiger partial charge on any atom is -0.477 e. The maximum Gasteiger partial charge on any atom is 0.258 e. The van der Waals surface area contributed by atoms with Gasteiger partial charge in [-0.1, -0.05) is 0 Å². The van der Waals surface area contributed by atoms with E-state index >= 15 is 0 Å². The maximum absolute atomic E-state index is 13.8. The van der Waals surface area contributed by atoms with Gasteiger partial charge in [-0.25, -0.2) is 9.67 Å². The number of carbonyl (C=O) groups excluding carboxylic acids is 1. The highest BCUT2D eigenvalue weighted by Crippen LogP contribution is 2.38. The predicted octanol–water partition coefficient (Wildman–Crippen LogP) is 4.03. The van der Waals surface area contributed by atoms with Crippen molar-refractivity contribution in [3.8, 4) is 17.1 Å². The number of piperazine rings is 1. The van der Waals surface area contributed by atoms with Gasteiger partial charge in [0.25, 0.3) is 5.91 Å². The topological polar surface area (TPSA) is 111 Å². The zero-order valence-electron chi connectivity index (χ0n) is 25.2. The van der Waals surface area contributed by atoms with Crippen molar-refractivity contribution < 1.29 is 14.3 Å². The molecule has 0 radical (unpaired) electrons. The second-order valence-electron chi connectivity index (χ2n) is 12.1. The van der Waals surface area contributed by atoms with Gasteiger partial charge >= 0.3 is 0 Å². The highest BCUT2D eigenvalue weighted by atomic mass is 16.5. The van der Waals surface area contributed by atoms with E-state index in [0.717, 1.165) is 80.0 Å². The summed E-state index contributed by atoms with van der Waals surface area (Å²) >= 11 is 0. The quantitative estimate of drug-likeness (QED) is 0.370. The molecule has 1 saturated carbocycles. The van der Waals surface area contributed by atoms with Crippen LogP contribution in [-0.2, 0) is 17.8 Å². The smallest absolute Gasteiger partial charge is 0.258 e. The monoisotopic (exact) mass is 584 g/mol. The second kappa shape index (κ2) is 11.6. The molecule has 3 aromatic heterocycles. The van der Waals surface area contributed by atoms with Crippen molar-refractivity contribution in [3.05, 3.63) is 47.3 Å². The highest BCUT2D eigenvalue weighted by molar-refractivity contribution is 6.05. The fourth-order valence-corrected chi connectivity index (χ4v) is 6.89. The van der Waals surface area contributed by atoms with E-state index in [-0.39, 0.29) is 5.91 Å². The summed E-state index contributed by atoms with van der Waals surface area (Å²) in [7, 11) is 1.69. The molecule has 11 heteroatoms. The van der Waals surface area contributed by atoms with Crippen LogP contribution in [0.15, 0.2) is 30.3 Å². The number of methoxy groups -OCH3 is 1. The lowest BCUT2D eigenvalue weighted by Crippen LogP contribution is -2.43. The summed E-state index contributed by atoms with van der Waals surface area (Å²) in [4.78, 5) is 26.0. The van der Waals surface area contributed by atoms with E-state index in [1.54, 1.807) is 7.11 Å². The average molecular weight is 585 g/mol. The molecule has 1 saturated heterocycles. The molecule has 11 nitrogen and oxygen atoms in total. The van der Waals surface area contributed by atoms with Crippen molar-refractivity contribution >= 4 is 28.6 Å². The van der Waals surface area contributed by atoms with Crippen LogP contribution < -0.4 is 20.3 Å². The Kier molecular flexibility index (Phi) is 7.52. The molecule has 5 heterocycles.